The first-order valence-electron chi connectivity index (χ1n) is 9.47. The summed E-state index contributed by atoms with van der Waals surface area (Å²) in [4.78, 5) is 11.4. The molecule has 2 heterocycles. The molecule has 1 fully saturated rings. The van der Waals surface area contributed by atoms with E-state index in [9.17, 15) is 0 Å². The van der Waals surface area contributed by atoms with Gasteiger partial charge in [-0.3, -0.25) is 0 Å². The topological polar surface area (TPSA) is 53.1 Å². The van der Waals surface area contributed by atoms with E-state index in [1.165, 1.54) is 29.7 Å². The predicted octanol–water partition coefficient (Wildman–Crippen LogP) is 5.18. The van der Waals surface area contributed by atoms with Crippen LogP contribution in [0.1, 0.15) is 24.0 Å². The Morgan fingerprint density at radius 2 is 1.67 bits per heavy atom. The predicted molar refractivity (Wildman–Crippen MR) is 112 cm³/mol. The smallest absolute Gasteiger partial charge is 0.229 e. The lowest BCUT2D eigenvalue weighted by atomic mass is 10.1. The number of rotatable bonds is 5. The molecular formula is C22H25N5. The second-order valence-corrected chi connectivity index (χ2v) is 7.07. The molecule has 5 heteroatoms. The van der Waals surface area contributed by atoms with Gasteiger partial charge in [-0.15, -0.1) is 0 Å². The van der Waals surface area contributed by atoms with Crippen LogP contribution >= 0.6 is 0 Å². The standard InChI is InChI=1S/C22H25N5/c1-16-5-6-17(2)20(15-16)25-22-23-12-11-21(26-22)24-18-7-9-19(10-8-18)27-13-3-4-14-27/h5-12,15H,3-4,13-14H2,1-2H3,(H2,23,24,25,26). The van der Waals surface area contributed by atoms with Crippen molar-refractivity contribution in [2.75, 3.05) is 28.6 Å². The zero-order chi connectivity index (χ0) is 18.6. The number of benzene rings is 2. The molecule has 0 aliphatic carbocycles. The number of hydrogen-bond donors (Lipinski definition) is 2. The van der Waals surface area contributed by atoms with Crippen LogP contribution in [0.4, 0.5) is 28.8 Å². The highest BCUT2D eigenvalue weighted by Crippen LogP contribution is 2.24. The Hall–Kier alpha value is -3.08. The summed E-state index contributed by atoms with van der Waals surface area (Å²) in [6, 6.07) is 16.7. The van der Waals surface area contributed by atoms with Crippen molar-refractivity contribution in [2.24, 2.45) is 0 Å². The lowest BCUT2D eigenvalue weighted by Gasteiger charge is -2.18. The summed E-state index contributed by atoms with van der Waals surface area (Å²) in [5, 5.41) is 6.68. The maximum absolute atomic E-state index is 4.59. The molecule has 2 aromatic carbocycles. The quantitative estimate of drug-likeness (QED) is 0.657. The minimum absolute atomic E-state index is 0.586. The molecule has 1 saturated heterocycles. The molecule has 0 amide bonds. The number of hydrogen-bond acceptors (Lipinski definition) is 5. The van der Waals surface area contributed by atoms with Gasteiger partial charge in [0.2, 0.25) is 5.95 Å². The van der Waals surface area contributed by atoms with E-state index in [0.717, 1.165) is 30.3 Å². The Kier molecular flexibility index (Phi) is 4.92. The molecule has 1 aliphatic heterocycles. The number of aryl methyl sites for hydroxylation is 2. The minimum Gasteiger partial charge on any atom is -0.372 e. The van der Waals surface area contributed by atoms with Crippen molar-refractivity contribution in [1.29, 1.82) is 0 Å². The Bertz CT molecular complexity index is 914. The molecule has 0 radical (unpaired) electrons. The van der Waals surface area contributed by atoms with Gasteiger partial charge in [-0.25, -0.2) is 4.98 Å². The summed E-state index contributed by atoms with van der Waals surface area (Å²) in [6.07, 6.45) is 4.34. The third-order valence-corrected chi connectivity index (χ3v) is 4.91. The van der Waals surface area contributed by atoms with Gasteiger partial charge in [-0.2, -0.15) is 4.98 Å². The van der Waals surface area contributed by atoms with E-state index in [1.807, 2.05) is 6.07 Å². The third-order valence-electron chi connectivity index (χ3n) is 4.91. The molecule has 1 aliphatic rings. The van der Waals surface area contributed by atoms with E-state index in [2.05, 4.69) is 81.8 Å². The zero-order valence-corrected chi connectivity index (χ0v) is 15.9. The van der Waals surface area contributed by atoms with Crippen molar-refractivity contribution in [2.45, 2.75) is 26.7 Å². The van der Waals surface area contributed by atoms with E-state index in [4.69, 9.17) is 0 Å². The fourth-order valence-electron chi connectivity index (χ4n) is 3.36. The average Bonchev–Trinajstić information content (AvgIpc) is 3.20. The highest BCUT2D eigenvalue weighted by molar-refractivity contribution is 5.63. The average molecular weight is 359 g/mol. The van der Waals surface area contributed by atoms with Crippen molar-refractivity contribution >= 4 is 28.8 Å². The molecule has 2 N–H and O–H groups in total. The SMILES string of the molecule is Cc1ccc(C)c(Nc2nccc(Nc3ccc(N4CCCC4)cc3)n2)c1. The molecule has 5 nitrogen and oxygen atoms in total. The van der Waals surface area contributed by atoms with Crippen molar-refractivity contribution in [3.63, 3.8) is 0 Å². The van der Waals surface area contributed by atoms with Crippen LogP contribution < -0.4 is 15.5 Å². The second-order valence-electron chi connectivity index (χ2n) is 7.07. The van der Waals surface area contributed by atoms with E-state index in [-0.39, 0.29) is 0 Å². The molecule has 0 spiro atoms. The summed E-state index contributed by atoms with van der Waals surface area (Å²) >= 11 is 0. The molecule has 0 unspecified atom stereocenters. The van der Waals surface area contributed by atoms with Crippen LogP contribution in [0.2, 0.25) is 0 Å². The highest BCUT2D eigenvalue weighted by Gasteiger charge is 2.11. The monoisotopic (exact) mass is 359 g/mol. The summed E-state index contributed by atoms with van der Waals surface area (Å²) in [5.41, 5.74) is 5.71. The normalized spacial score (nSPS) is 13.6. The molecule has 0 saturated carbocycles. The molecule has 27 heavy (non-hydrogen) atoms. The fraction of sp³-hybridized carbons (Fsp3) is 0.273. The van der Waals surface area contributed by atoms with Crippen molar-refractivity contribution < 1.29 is 0 Å². The lowest BCUT2D eigenvalue weighted by Crippen LogP contribution is -2.17. The van der Waals surface area contributed by atoms with E-state index in [0.29, 0.717) is 5.95 Å². The summed E-state index contributed by atoms with van der Waals surface area (Å²) in [7, 11) is 0. The zero-order valence-electron chi connectivity index (χ0n) is 15.9. The molecule has 3 aromatic rings. The van der Waals surface area contributed by atoms with Gasteiger partial charge in [-0.1, -0.05) is 12.1 Å². The van der Waals surface area contributed by atoms with Crippen LogP contribution in [0, 0.1) is 13.8 Å². The second kappa shape index (κ2) is 7.66. The fourth-order valence-corrected chi connectivity index (χ4v) is 3.36. The first-order chi connectivity index (χ1) is 13.2. The van der Waals surface area contributed by atoms with Crippen molar-refractivity contribution in [3.8, 4) is 0 Å². The van der Waals surface area contributed by atoms with Gasteiger partial charge >= 0.3 is 0 Å². The van der Waals surface area contributed by atoms with Gasteiger partial charge in [0.1, 0.15) is 5.82 Å². The third kappa shape index (κ3) is 4.19. The van der Waals surface area contributed by atoms with Gasteiger partial charge in [0.05, 0.1) is 0 Å². The summed E-state index contributed by atoms with van der Waals surface area (Å²) < 4.78 is 0. The summed E-state index contributed by atoms with van der Waals surface area (Å²) in [6.45, 7) is 6.47. The van der Waals surface area contributed by atoms with Gasteiger partial charge in [0.15, 0.2) is 0 Å². The Labute approximate surface area is 160 Å². The largest absolute Gasteiger partial charge is 0.372 e. The minimum atomic E-state index is 0.586. The highest BCUT2D eigenvalue weighted by atomic mass is 15.2. The number of nitrogens with one attached hydrogen (secondary N) is 2. The van der Waals surface area contributed by atoms with Crippen LogP contribution in [0.5, 0.6) is 0 Å². The molecule has 138 valence electrons. The van der Waals surface area contributed by atoms with Crippen molar-refractivity contribution in [1.82, 2.24) is 9.97 Å². The molecular weight excluding hydrogens is 334 g/mol. The van der Waals surface area contributed by atoms with Gasteiger partial charge in [0, 0.05) is 36.3 Å². The number of anilines is 5. The maximum atomic E-state index is 4.59. The van der Waals surface area contributed by atoms with Crippen LogP contribution in [-0.4, -0.2) is 23.1 Å². The Morgan fingerprint density at radius 3 is 2.44 bits per heavy atom. The molecule has 0 bridgehead atoms. The van der Waals surface area contributed by atoms with Gasteiger partial charge in [-0.05, 0) is 74.2 Å². The number of nitrogens with zero attached hydrogens (tertiary/aromatic N) is 3. The first kappa shape index (κ1) is 17.3. The first-order valence-corrected chi connectivity index (χ1v) is 9.47. The Balaban J connectivity index is 1.46. The number of aromatic nitrogens is 2. The van der Waals surface area contributed by atoms with E-state index >= 15 is 0 Å². The van der Waals surface area contributed by atoms with Crippen molar-refractivity contribution in [3.05, 3.63) is 65.9 Å². The van der Waals surface area contributed by atoms with Gasteiger partial charge < -0.3 is 15.5 Å². The van der Waals surface area contributed by atoms with Crippen LogP contribution in [0.3, 0.4) is 0 Å². The summed E-state index contributed by atoms with van der Waals surface area (Å²) in [5.74, 6) is 1.36. The Morgan fingerprint density at radius 1 is 0.889 bits per heavy atom. The van der Waals surface area contributed by atoms with Gasteiger partial charge in [0.25, 0.3) is 0 Å². The maximum Gasteiger partial charge on any atom is 0.229 e. The van der Waals surface area contributed by atoms with Crippen LogP contribution in [0.15, 0.2) is 54.7 Å². The molecule has 0 atom stereocenters. The van der Waals surface area contributed by atoms with Crippen LogP contribution in [0.25, 0.3) is 0 Å². The molecule has 4 rings (SSSR count). The van der Waals surface area contributed by atoms with Crippen LogP contribution in [-0.2, 0) is 0 Å². The van der Waals surface area contributed by atoms with E-state index < -0.39 is 0 Å². The lowest BCUT2D eigenvalue weighted by molar-refractivity contribution is 0.949. The van der Waals surface area contributed by atoms with E-state index in [1.54, 1.807) is 6.20 Å². The molecule has 1 aromatic heterocycles.